The van der Waals surface area contributed by atoms with Crippen molar-refractivity contribution in [2.75, 3.05) is 17.2 Å². The first-order chi connectivity index (χ1) is 8.55. The largest absolute Gasteiger partial charge is 0.384 e. The van der Waals surface area contributed by atoms with Gasteiger partial charge in [0.25, 0.3) is 0 Å². The summed E-state index contributed by atoms with van der Waals surface area (Å²) in [6.45, 7) is 0. The SMILES string of the molecule is Nc1cc(-c2ccn[nH]2)nn1C1CCS(=O)(=O)C1. The van der Waals surface area contributed by atoms with Gasteiger partial charge in [0, 0.05) is 12.3 Å². The molecule has 3 heterocycles. The van der Waals surface area contributed by atoms with Crippen molar-refractivity contribution in [1.82, 2.24) is 20.0 Å². The van der Waals surface area contributed by atoms with E-state index in [0.29, 0.717) is 17.9 Å². The number of nitrogens with zero attached hydrogens (tertiary/aromatic N) is 3. The lowest BCUT2D eigenvalue weighted by Crippen LogP contribution is -2.14. The van der Waals surface area contributed by atoms with E-state index in [1.807, 2.05) is 0 Å². The number of nitrogens with one attached hydrogen (secondary N) is 1. The zero-order chi connectivity index (χ0) is 12.8. The molecule has 1 aliphatic heterocycles. The highest BCUT2D eigenvalue weighted by Gasteiger charge is 2.31. The Morgan fingerprint density at radius 2 is 2.33 bits per heavy atom. The third kappa shape index (κ3) is 1.88. The van der Waals surface area contributed by atoms with Gasteiger partial charge in [-0.1, -0.05) is 0 Å². The van der Waals surface area contributed by atoms with Gasteiger partial charge in [0.1, 0.15) is 11.5 Å². The van der Waals surface area contributed by atoms with E-state index < -0.39 is 9.84 Å². The van der Waals surface area contributed by atoms with Gasteiger partial charge < -0.3 is 5.73 Å². The lowest BCUT2D eigenvalue weighted by Gasteiger charge is -2.09. The van der Waals surface area contributed by atoms with Crippen LogP contribution in [0, 0.1) is 0 Å². The molecule has 2 aromatic heterocycles. The van der Waals surface area contributed by atoms with Crippen LogP contribution < -0.4 is 5.73 Å². The normalized spacial score (nSPS) is 22.3. The van der Waals surface area contributed by atoms with E-state index in [2.05, 4.69) is 15.3 Å². The Hall–Kier alpha value is -1.83. The molecule has 2 aromatic rings. The molecule has 1 saturated heterocycles. The van der Waals surface area contributed by atoms with Crippen LogP contribution in [-0.2, 0) is 9.84 Å². The maximum absolute atomic E-state index is 11.5. The van der Waals surface area contributed by atoms with E-state index in [4.69, 9.17) is 5.73 Å². The molecule has 18 heavy (non-hydrogen) atoms. The van der Waals surface area contributed by atoms with Gasteiger partial charge in [0.05, 0.1) is 23.2 Å². The number of hydrogen-bond donors (Lipinski definition) is 2. The van der Waals surface area contributed by atoms with Gasteiger partial charge in [-0.3, -0.25) is 5.10 Å². The topological polar surface area (TPSA) is 107 Å². The summed E-state index contributed by atoms with van der Waals surface area (Å²) in [6.07, 6.45) is 2.20. The summed E-state index contributed by atoms with van der Waals surface area (Å²) in [6, 6.07) is 3.35. The van der Waals surface area contributed by atoms with Crippen molar-refractivity contribution in [3.63, 3.8) is 0 Å². The monoisotopic (exact) mass is 267 g/mol. The fourth-order valence-electron chi connectivity index (χ4n) is 2.20. The number of anilines is 1. The first-order valence-corrected chi connectivity index (χ1v) is 7.42. The summed E-state index contributed by atoms with van der Waals surface area (Å²) in [7, 11) is -2.94. The van der Waals surface area contributed by atoms with E-state index in [1.165, 1.54) is 0 Å². The van der Waals surface area contributed by atoms with Crippen LogP contribution in [0.1, 0.15) is 12.5 Å². The third-order valence-electron chi connectivity index (χ3n) is 3.10. The second-order valence-corrected chi connectivity index (χ2v) is 6.65. The fraction of sp³-hybridized carbons (Fsp3) is 0.400. The van der Waals surface area contributed by atoms with Crippen molar-refractivity contribution < 1.29 is 8.42 Å². The molecule has 3 N–H and O–H groups in total. The van der Waals surface area contributed by atoms with E-state index in [1.54, 1.807) is 23.0 Å². The Labute approximate surface area is 104 Å². The fourth-order valence-corrected chi connectivity index (χ4v) is 3.89. The average Bonchev–Trinajstić information content (AvgIpc) is 2.97. The lowest BCUT2D eigenvalue weighted by atomic mass is 10.3. The Morgan fingerprint density at radius 3 is 2.94 bits per heavy atom. The zero-order valence-electron chi connectivity index (χ0n) is 9.57. The molecule has 0 spiro atoms. The van der Waals surface area contributed by atoms with Crippen LogP contribution in [-0.4, -0.2) is 39.9 Å². The summed E-state index contributed by atoms with van der Waals surface area (Å²) < 4.78 is 24.5. The summed E-state index contributed by atoms with van der Waals surface area (Å²) in [5.41, 5.74) is 7.33. The highest BCUT2D eigenvalue weighted by atomic mass is 32.2. The van der Waals surface area contributed by atoms with Crippen LogP contribution in [0.5, 0.6) is 0 Å². The minimum absolute atomic E-state index is 0.112. The van der Waals surface area contributed by atoms with Crippen molar-refractivity contribution in [3.8, 4) is 11.4 Å². The van der Waals surface area contributed by atoms with Gasteiger partial charge in [-0.15, -0.1) is 0 Å². The summed E-state index contributed by atoms with van der Waals surface area (Å²) in [5.74, 6) is 0.791. The van der Waals surface area contributed by atoms with Gasteiger partial charge in [-0.25, -0.2) is 13.1 Å². The molecule has 0 aromatic carbocycles. The zero-order valence-corrected chi connectivity index (χ0v) is 10.4. The number of nitrogens with two attached hydrogens (primary N) is 1. The van der Waals surface area contributed by atoms with Crippen LogP contribution in [0.4, 0.5) is 5.82 Å². The van der Waals surface area contributed by atoms with Crippen molar-refractivity contribution >= 4 is 15.7 Å². The number of nitrogen functional groups attached to an aromatic ring is 1. The van der Waals surface area contributed by atoms with E-state index in [0.717, 1.165) is 5.69 Å². The van der Waals surface area contributed by atoms with E-state index >= 15 is 0 Å². The number of hydrogen-bond acceptors (Lipinski definition) is 5. The average molecular weight is 267 g/mol. The van der Waals surface area contributed by atoms with Crippen LogP contribution in [0.2, 0.25) is 0 Å². The molecule has 0 aliphatic carbocycles. The second-order valence-electron chi connectivity index (χ2n) is 4.43. The lowest BCUT2D eigenvalue weighted by molar-refractivity contribution is 0.508. The molecule has 1 fully saturated rings. The van der Waals surface area contributed by atoms with Gasteiger partial charge in [0.2, 0.25) is 0 Å². The highest BCUT2D eigenvalue weighted by molar-refractivity contribution is 7.91. The van der Waals surface area contributed by atoms with Crippen molar-refractivity contribution in [1.29, 1.82) is 0 Å². The molecule has 0 bridgehead atoms. The quantitative estimate of drug-likeness (QED) is 0.809. The number of rotatable bonds is 2. The predicted octanol–water partition coefficient (Wildman–Crippen LogP) is 0.215. The van der Waals surface area contributed by atoms with Crippen molar-refractivity contribution in [2.45, 2.75) is 12.5 Å². The smallest absolute Gasteiger partial charge is 0.152 e. The Kier molecular flexibility index (Phi) is 2.40. The summed E-state index contributed by atoms with van der Waals surface area (Å²) in [5, 5.41) is 11.0. The van der Waals surface area contributed by atoms with Crippen LogP contribution in [0.3, 0.4) is 0 Å². The second kappa shape index (κ2) is 3.84. The van der Waals surface area contributed by atoms with Gasteiger partial charge in [-0.05, 0) is 12.5 Å². The highest BCUT2D eigenvalue weighted by Crippen LogP contribution is 2.28. The van der Waals surface area contributed by atoms with Gasteiger partial charge in [-0.2, -0.15) is 10.2 Å². The minimum Gasteiger partial charge on any atom is -0.384 e. The maximum atomic E-state index is 11.5. The van der Waals surface area contributed by atoms with Crippen LogP contribution >= 0.6 is 0 Å². The molecule has 1 atom stereocenters. The van der Waals surface area contributed by atoms with E-state index in [-0.39, 0.29) is 17.5 Å². The molecule has 0 radical (unpaired) electrons. The van der Waals surface area contributed by atoms with E-state index in [9.17, 15) is 8.42 Å². The van der Waals surface area contributed by atoms with Crippen LogP contribution in [0.25, 0.3) is 11.4 Å². The molecular formula is C10H13N5O2S. The Morgan fingerprint density at radius 1 is 1.50 bits per heavy atom. The van der Waals surface area contributed by atoms with Crippen LogP contribution in [0.15, 0.2) is 18.3 Å². The standard InChI is InChI=1S/C10H13N5O2S/c11-10-5-9(8-1-3-12-13-8)14-15(10)7-2-4-18(16,17)6-7/h1,3,5,7H,2,4,6,11H2,(H,12,13). The summed E-state index contributed by atoms with van der Waals surface area (Å²) in [4.78, 5) is 0. The molecular weight excluding hydrogens is 254 g/mol. The van der Waals surface area contributed by atoms with Gasteiger partial charge in [0.15, 0.2) is 9.84 Å². The molecule has 96 valence electrons. The number of aromatic nitrogens is 4. The van der Waals surface area contributed by atoms with Crippen molar-refractivity contribution in [2.24, 2.45) is 0 Å². The number of H-pyrrole nitrogens is 1. The molecule has 1 aliphatic rings. The number of aromatic amines is 1. The third-order valence-corrected chi connectivity index (χ3v) is 4.85. The minimum atomic E-state index is -2.94. The summed E-state index contributed by atoms with van der Waals surface area (Å²) >= 11 is 0. The number of sulfone groups is 1. The molecule has 0 amide bonds. The maximum Gasteiger partial charge on any atom is 0.152 e. The molecule has 3 rings (SSSR count). The Balaban J connectivity index is 1.95. The molecule has 8 heteroatoms. The predicted molar refractivity (Wildman–Crippen MR) is 66.5 cm³/mol. The first kappa shape index (κ1) is 11.3. The molecule has 0 saturated carbocycles. The van der Waals surface area contributed by atoms with Gasteiger partial charge >= 0.3 is 0 Å². The molecule has 7 nitrogen and oxygen atoms in total. The first-order valence-electron chi connectivity index (χ1n) is 5.60. The molecule has 1 unspecified atom stereocenters. The Bertz CT molecular complexity index is 659. The van der Waals surface area contributed by atoms with Crippen molar-refractivity contribution in [3.05, 3.63) is 18.3 Å².